The summed E-state index contributed by atoms with van der Waals surface area (Å²) in [6, 6.07) is 7.03. The van der Waals surface area contributed by atoms with Gasteiger partial charge >= 0.3 is 0 Å². The van der Waals surface area contributed by atoms with E-state index in [2.05, 4.69) is 33.5 Å². The molecule has 10 heteroatoms. The van der Waals surface area contributed by atoms with Crippen LogP contribution >= 0.6 is 0 Å². The molecule has 2 aliphatic heterocycles. The third-order valence-electron chi connectivity index (χ3n) is 6.16. The van der Waals surface area contributed by atoms with Crippen molar-refractivity contribution in [1.29, 1.82) is 0 Å². The summed E-state index contributed by atoms with van der Waals surface area (Å²) < 4.78 is 6.90. The minimum atomic E-state index is -1.70. The van der Waals surface area contributed by atoms with Crippen molar-refractivity contribution in [2.24, 2.45) is 10.7 Å². The average Bonchev–Trinajstić information content (AvgIpc) is 3.36. The third kappa shape index (κ3) is 4.82. The normalized spacial score (nSPS) is 20.5. The average molecular weight is 477 g/mol. The Morgan fingerprint density at radius 1 is 1.34 bits per heavy atom. The second-order valence-corrected chi connectivity index (χ2v) is 8.54. The minimum Gasteiger partial charge on any atom is -0.378 e. The molecule has 2 aromatic rings. The zero-order valence-corrected chi connectivity index (χ0v) is 19.8. The predicted molar refractivity (Wildman–Crippen MR) is 131 cm³/mol. The van der Waals surface area contributed by atoms with Crippen LogP contribution in [0.15, 0.2) is 35.0 Å². The maximum absolute atomic E-state index is 12.2. The quantitative estimate of drug-likeness (QED) is 0.489. The Bertz CT molecular complexity index is 1260. The number of aromatic nitrogens is 2. The number of aliphatic hydroxyl groups is 1. The lowest BCUT2D eigenvalue weighted by Crippen LogP contribution is -2.37. The van der Waals surface area contributed by atoms with Gasteiger partial charge < -0.3 is 25.4 Å². The molecule has 2 saturated heterocycles. The van der Waals surface area contributed by atoms with E-state index in [9.17, 15) is 14.7 Å². The summed E-state index contributed by atoms with van der Waals surface area (Å²) in [7, 11) is 1.63. The fraction of sp³-hybridized carbons (Fsp3) is 0.360. The van der Waals surface area contributed by atoms with Gasteiger partial charge in [-0.15, -0.1) is 0 Å². The number of nitrogens with zero attached hydrogens (tertiary/aromatic N) is 5. The van der Waals surface area contributed by atoms with Crippen molar-refractivity contribution >= 4 is 30.4 Å². The molecular formula is C25H28N6O4. The highest BCUT2D eigenvalue weighted by molar-refractivity contribution is 5.97. The van der Waals surface area contributed by atoms with Crippen molar-refractivity contribution in [2.45, 2.75) is 18.9 Å². The second kappa shape index (κ2) is 9.74. The van der Waals surface area contributed by atoms with Crippen molar-refractivity contribution in [3.63, 3.8) is 0 Å². The van der Waals surface area contributed by atoms with Crippen molar-refractivity contribution in [1.82, 2.24) is 19.6 Å². The number of hydrogen-bond acceptors (Lipinski definition) is 7. The number of rotatable bonds is 5. The van der Waals surface area contributed by atoms with Gasteiger partial charge in [0.2, 0.25) is 5.60 Å². The lowest BCUT2D eigenvalue weighted by Gasteiger charge is -2.29. The van der Waals surface area contributed by atoms with Gasteiger partial charge in [-0.2, -0.15) is 5.10 Å². The fourth-order valence-corrected chi connectivity index (χ4v) is 4.15. The smallest absolute Gasteiger partial charge is 0.269 e. The number of likely N-dealkylation sites (N-methyl/N-ethyl adjacent to an activating group) is 1. The summed E-state index contributed by atoms with van der Waals surface area (Å²) in [6.45, 7) is 8.81. The standard InChI is InChI=1S/C25H28N6O4/c1-17(30-11-13-35-14-12-30)15-20-21(22(26)32)28-31(23(20)27-2)19-6-4-5-18(16-19)7-8-25(34)9-10-29(3)24(25)33/h4-6,15-16,34H,2,9-14H2,1,3H3,(H2,26,32)/b17-15+/t25-/m0/s1. The number of ether oxygens (including phenoxy) is 1. The molecule has 1 aromatic heterocycles. The van der Waals surface area contributed by atoms with Crippen molar-refractivity contribution in [3.8, 4) is 17.5 Å². The molecule has 1 atom stereocenters. The van der Waals surface area contributed by atoms with E-state index >= 15 is 0 Å². The van der Waals surface area contributed by atoms with E-state index in [1.165, 1.54) is 9.58 Å². The largest absolute Gasteiger partial charge is 0.378 e. The first-order valence-corrected chi connectivity index (χ1v) is 11.3. The predicted octanol–water partition coefficient (Wildman–Crippen LogP) is 0.941. The molecule has 0 spiro atoms. The summed E-state index contributed by atoms with van der Waals surface area (Å²) in [6.07, 6.45) is 2.08. The summed E-state index contributed by atoms with van der Waals surface area (Å²) in [5.41, 5.74) is 6.56. The molecule has 182 valence electrons. The number of aliphatic imine (C=N–C) groups is 1. The molecule has 3 heterocycles. The second-order valence-electron chi connectivity index (χ2n) is 8.54. The van der Waals surface area contributed by atoms with Crippen LogP contribution in [0, 0.1) is 11.8 Å². The number of hydrogen-bond donors (Lipinski definition) is 2. The van der Waals surface area contributed by atoms with E-state index in [4.69, 9.17) is 10.5 Å². The lowest BCUT2D eigenvalue weighted by atomic mass is 10.0. The molecule has 0 radical (unpaired) electrons. The zero-order valence-electron chi connectivity index (χ0n) is 19.8. The molecule has 0 unspecified atom stereocenters. The monoisotopic (exact) mass is 476 g/mol. The third-order valence-corrected chi connectivity index (χ3v) is 6.16. The van der Waals surface area contributed by atoms with Crippen LogP contribution in [0.2, 0.25) is 0 Å². The van der Waals surface area contributed by atoms with E-state index in [1.54, 1.807) is 31.3 Å². The van der Waals surface area contributed by atoms with Gasteiger partial charge in [0.1, 0.15) is 0 Å². The van der Waals surface area contributed by atoms with E-state index < -0.39 is 17.4 Å². The number of benzene rings is 1. The van der Waals surface area contributed by atoms with Gasteiger partial charge in [-0.25, -0.2) is 9.67 Å². The maximum atomic E-state index is 12.2. The van der Waals surface area contributed by atoms with Crippen LogP contribution in [0.4, 0.5) is 5.82 Å². The number of nitrogens with two attached hydrogens (primary N) is 1. The van der Waals surface area contributed by atoms with Crippen molar-refractivity contribution in [2.75, 3.05) is 39.9 Å². The van der Waals surface area contributed by atoms with Gasteiger partial charge in [-0.1, -0.05) is 17.9 Å². The summed E-state index contributed by atoms with van der Waals surface area (Å²) >= 11 is 0. The Morgan fingerprint density at radius 2 is 2.09 bits per heavy atom. The highest BCUT2D eigenvalue weighted by Crippen LogP contribution is 2.29. The summed E-state index contributed by atoms with van der Waals surface area (Å²) in [5.74, 6) is 4.86. The molecule has 2 amide bonds. The Kier molecular flexibility index (Phi) is 6.73. The van der Waals surface area contributed by atoms with Crippen LogP contribution in [0.3, 0.4) is 0 Å². The van der Waals surface area contributed by atoms with Gasteiger partial charge in [-0.3, -0.25) is 9.59 Å². The summed E-state index contributed by atoms with van der Waals surface area (Å²) in [4.78, 5) is 32.2. The van der Waals surface area contributed by atoms with Gasteiger partial charge in [-0.05, 0) is 37.9 Å². The number of morpholine rings is 1. The van der Waals surface area contributed by atoms with E-state index in [0.29, 0.717) is 42.4 Å². The molecule has 0 saturated carbocycles. The Labute approximate surface area is 203 Å². The van der Waals surface area contributed by atoms with Gasteiger partial charge in [0.25, 0.3) is 11.8 Å². The van der Waals surface area contributed by atoms with E-state index in [0.717, 1.165) is 18.8 Å². The van der Waals surface area contributed by atoms with Gasteiger partial charge in [0.15, 0.2) is 11.5 Å². The molecular weight excluding hydrogens is 448 g/mol. The van der Waals surface area contributed by atoms with Crippen molar-refractivity contribution in [3.05, 3.63) is 46.8 Å². The Morgan fingerprint density at radius 3 is 2.71 bits per heavy atom. The van der Waals surface area contributed by atoms with Crippen LogP contribution in [0.25, 0.3) is 11.8 Å². The highest BCUT2D eigenvalue weighted by atomic mass is 16.5. The Balaban J connectivity index is 1.73. The molecule has 2 aliphatic rings. The minimum absolute atomic E-state index is 0.0744. The number of primary amides is 1. The van der Waals surface area contributed by atoms with E-state index in [1.807, 2.05) is 13.0 Å². The van der Waals surface area contributed by atoms with Gasteiger partial charge in [0, 0.05) is 44.4 Å². The van der Waals surface area contributed by atoms with E-state index in [-0.39, 0.29) is 12.1 Å². The molecule has 35 heavy (non-hydrogen) atoms. The molecule has 0 aliphatic carbocycles. The molecule has 3 N–H and O–H groups in total. The zero-order chi connectivity index (χ0) is 25.2. The number of likely N-dealkylation sites (tertiary alicyclic amines) is 1. The number of carbonyl (C=O) groups excluding carboxylic acids is 2. The Hall–Kier alpha value is -3.94. The highest BCUT2D eigenvalue weighted by Gasteiger charge is 2.42. The molecule has 10 nitrogen and oxygen atoms in total. The van der Waals surface area contributed by atoms with Crippen LogP contribution in [0.1, 0.15) is 35.0 Å². The van der Waals surface area contributed by atoms with Crippen LogP contribution in [-0.2, 0) is 9.53 Å². The first-order valence-electron chi connectivity index (χ1n) is 11.3. The molecule has 2 fully saturated rings. The number of amides is 2. The summed E-state index contributed by atoms with van der Waals surface area (Å²) in [5, 5.41) is 15.0. The van der Waals surface area contributed by atoms with Crippen LogP contribution in [0.5, 0.6) is 0 Å². The SMILES string of the molecule is C=Nc1c(/C=C(\C)N2CCOCC2)c(C(N)=O)nn1-c1cccc(C#C[C@]2(O)CCN(C)C2=O)c1. The van der Waals surface area contributed by atoms with Crippen molar-refractivity contribution < 1.29 is 19.4 Å². The number of carbonyl (C=O) groups is 2. The first kappa shape index (κ1) is 24.2. The lowest BCUT2D eigenvalue weighted by molar-refractivity contribution is -0.137. The maximum Gasteiger partial charge on any atom is 0.269 e. The fourth-order valence-electron chi connectivity index (χ4n) is 4.15. The molecule has 1 aromatic carbocycles. The van der Waals surface area contributed by atoms with Crippen LogP contribution in [-0.4, -0.2) is 88.7 Å². The first-order chi connectivity index (χ1) is 16.7. The molecule has 4 rings (SSSR count). The molecule has 0 bridgehead atoms. The van der Waals surface area contributed by atoms with Crippen LogP contribution < -0.4 is 5.73 Å². The topological polar surface area (TPSA) is 126 Å². The van der Waals surface area contributed by atoms with Gasteiger partial charge in [0.05, 0.1) is 24.5 Å². The number of allylic oxidation sites excluding steroid dienone is 1.